The topological polar surface area (TPSA) is 43.4 Å². The Balaban J connectivity index is 2.55. The Bertz CT molecular complexity index is 492. The minimum atomic E-state index is -0.638. The molecular formula is C11H12O3. The molecule has 0 spiro atoms. The Morgan fingerprint density at radius 3 is 2.71 bits per heavy atom. The second-order valence-electron chi connectivity index (χ2n) is 3.47. The van der Waals surface area contributed by atoms with Crippen molar-refractivity contribution in [1.29, 1.82) is 0 Å². The van der Waals surface area contributed by atoms with Gasteiger partial charge in [-0.15, -0.1) is 0 Å². The average Bonchev–Trinajstić information content (AvgIpc) is 2.55. The van der Waals surface area contributed by atoms with Crippen molar-refractivity contribution >= 4 is 11.2 Å². The third-order valence-corrected chi connectivity index (χ3v) is 2.54. The monoisotopic (exact) mass is 192 g/mol. The lowest BCUT2D eigenvalue weighted by molar-refractivity contribution is 0.409. The fraction of sp³-hybridized carbons (Fsp3) is 0.364. The van der Waals surface area contributed by atoms with Crippen LogP contribution < -0.4 is 5.82 Å². The quantitative estimate of drug-likeness (QED) is 0.734. The van der Waals surface area contributed by atoms with Gasteiger partial charge < -0.3 is 8.83 Å². The van der Waals surface area contributed by atoms with Crippen LogP contribution in [0, 0.1) is 0 Å². The normalized spacial score (nSPS) is 13.3. The lowest BCUT2D eigenvalue weighted by Crippen LogP contribution is -1.89. The molecule has 0 N–H and O–H groups in total. The first kappa shape index (κ1) is 9.06. The summed E-state index contributed by atoms with van der Waals surface area (Å²) in [5, 5.41) is 0. The van der Waals surface area contributed by atoms with Gasteiger partial charge in [-0.25, -0.2) is 4.79 Å². The molecule has 1 atom stereocenters. The molecule has 0 radical (unpaired) electrons. The van der Waals surface area contributed by atoms with E-state index < -0.39 is 5.82 Å². The van der Waals surface area contributed by atoms with Crippen LogP contribution in [0.25, 0.3) is 11.2 Å². The number of hydrogen-bond donors (Lipinski definition) is 0. The number of fused-ring (bicyclic) bond motifs is 1. The van der Waals surface area contributed by atoms with E-state index in [0.717, 1.165) is 6.42 Å². The maximum absolute atomic E-state index is 10.8. The van der Waals surface area contributed by atoms with Crippen LogP contribution in [0.3, 0.4) is 0 Å². The molecule has 0 bridgehead atoms. The van der Waals surface area contributed by atoms with E-state index in [1.807, 2.05) is 12.1 Å². The van der Waals surface area contributed by atoms with Gasteiger partial charge >= 0.3 is 5.82 Å². The van der Waals surface area contributed by atoms with E-state index in [1.54, 1.807) is 6.07 Å². The van der Waals surface area contributed by atoms with Crippen molar-refractivity contribution in [1.82, 2.24) is 0 Å². The molecule has 0 amide bonds. The van der Waals surface area contributed by atoms with Gasteiger partial charge in [0.1, 0.15) is 0 Å². The molecule has 1 aromatic heterocycles. The molecule has 0 saturated carbocycles. The third-order valence-electron chi connectivity index (χ3n) is 2.54. The van der Waals surface area contributed by atoms with Crippen molar-refractivity contribution in [2.24, 2.45) is 0 Å². The maximum atomic E-state index is 10.8. The van der Waals surface area contributed by atoms with Gasteiger partial charge in [0.25, 0.3) is 0 Å². The molecule has 1 aromatic carbocycles. The molecule has 2 rings (SSSR count). The largest absolute Gasteiger partial charge is 0.519 e. The summed E-state index contributed by atoms with van der Waals surface area (Å²) in [5.41, 5.74) is 2.22. The number of hydrogen-bond acceptors (Lipinski definition) is 3. The highest BCUT2D eigenvalue weighted by Crippen LogP contribution is 2.22. The van der Waals surface area contributed by atoms with E-state index in [2.05, 4.69) is 13.8 Å². The van der Waals surface area contributed by atoms with Crippen molar-refractivity contribution in [3.05, 3.63) is 34.4 Å². The van der Waals surface area contributed by atoms with Crippen molar-refractivity contribution < 1.29 is 8.83 Å². The second-order valence-corrected chi connectivity index (χ2v) is 3.47. The standard InChI is InChI=1S/C11H12O3/c1-3-7(2)8-4-5-9-10(6-8)14-11(12)13-9/h4-7H,3H2,1-2H3. The van der Waals surface area contributed by atoms with Gasteiger partial charge in [-0.1, -0.05) is 19.9 Å². The summed E-state index contributed by atoms with van der Waals surface area (Å²) in [6, 6.07) is 5.62. The summed E-state index contributed by atoms with van der Waals surface area (Å²) < 4.78 is 9.70. The predicted octanol–water partition coefficient (Wildman–Crippen LogP) is 2.90. The Morgan fingerprint density at radius 2 is 2.00 bits per heavy atom. The molecular weight excluding hydrogens is 180 g/mol. The zero-order chi connectivity index (χ0) is 10.1. The van der Waals surface area contributed by atoms with Gasteiger partial charge in [0, 0.05) is 0 Å². The number of rotatable bonds is 2. The molecule has 74 valence electrons. The zero-order valence-corrected chi connectivity index (χ0v) is 8.24. The van der Waals surface area contributed by atoms with Crippen molar-refractivity contribution in [2.75, 3.05) is 0 Å². The Morgan fingerprint density at radius 1 is 1.29 bits per heavy atom. The summed E-state index contributed by atoms with van der Waals surface area (Å²) in [5.74, 6) is -0.166. The molecule has 0 aliphatic heterocycles. The van der Waals surface area contributed by atoms with E-state index >= 15 is 0 Å². The van der Waals surface area contributed by atoms with Crippen molar-refractivity contribution in [3.63, 3.8) is 0 Å². The predicted molar refractivity (Wildman–Crippen MR) is 53.5 cm³/mol. The van der Waals surface area contributed by atoms with Gasteiger partial charge in [-0.3, -0.25) is 0 Å². The van der Waals surface area contributed by atoms with Crippen LogP contribution in [0.15, 0.2) is 31.8 Å². The van der Waals surface area contributed by atoms with E-state index in [0.29, 0.717) is 17.1 Å². The van der Waals surface area contributed by atoms with Crippen LogP contribution in [0.2, 0.25) is 0 Å². The summed E-state index contributed by atoms with van der Waals surface area (Å²) in [4.78, 5) is 10.8. The smallest absolute Gasteiger partial charge is 0.391 e. The molecule has 2 aromatic rings. The van der Waals surface area contributed by atoms with Gasteiger partial charge in [0.05, 0.1) is 0 Å². The maximum Gasteiger partial charge on any atom is 0.519 e. The minimum Gasteiger partial charge on any atom is -0.391 e. The van der Waals surface area contributed by atoms with Gasteiger partial charge in [-0.2, -0.15) is 0 Å². The summed E-state index contributed by atoms with van der Waals surface area (Å²) in [6.45, 7) is 4.26. The average molecular weight is 192 g/mol. The molecule has 3 nitrogen and oxygen atoms in total. The SMILES string of the molecule is CCC(C)c1ccc2oc(=O)oc2c1. The van der Waals surface area contributed by atoms with Crippen LogP contribution in [0.1, 0.15) is 31.7 Å². The fourth-order valence-corrected chi connectivity index (χ4v) is 1.43. The van der Waals surface area contributed by atoms with Crippen LogP contribution in [0.5, 0.6) is 0 Å². The highest BCUT2D eigenvalue weighted by atomic mass is 16.6. The molecule has 0 aliphatic rings. The highest BCUT2D eigenvalue weighted by Gasteiger charge is 2.07. The van der Waals surface area contributed by atoms with Gasteiger partial charge in [-0.05, 0) is 30.0 Å². The van der Waals surface area contributed by atoms with Gasteiger partial charge in [0.15, 0.2) is 11.2 Å². The first-order valence-corrected chi connectivity index (χ1v) is 4.74. The molecule has 1 unspecified atom stereocenters. The lowest BCUT2D eigenvalue weighted by Gasteiger charge is -2.06. The van der Waals surface area contributed by atoms with Crippen LogP contribution in [0.4, 0.5) is 0 Å². The molecule has 0 saturated heterocycles. The minimum absolute atomic E-state index is 0.472. The fourth-order valence-electron chi connectivity index (χ4n) is 1.43. The van der Waals surface area contributed by atoms with Gasteiger partial charge in [0.2, 0.25) is 0 Å². The Labute approximate surface area is 81.3 Å². The van der Waals surface area contributed by atoms with Crippen LogP contribution in [-0.2, 0) is 0 Å². The van der Waals surface area contributed by atoms with E-state index in [-0.39, 0.29) is 0 Å². The van der Waals surface area contributed by atoms with Crippen LogP contribution in [-0.4, -0.2) is 0 Å². The Kier molecular flexibility index (Phi) is 2.15. The summed E-state index contributed by atoms with van der Waals surface area (Å²) >= 11 is 0. The highest BCUT2D eigenvalue weighted by molar-refractivity contribution is 5.70. The van der Waals surface area contributed by atoms with E-state index in [1.165, 1.54) is 5.56 Å². The second kappa shape index (κ2) is 3.33. The Hall–Kier alpha value is -1.51. The van der Waals surface area contributed by atoms with E-state index in [9.17, 15) is 4.79 Å². The lowest BCUT2D eigenvalue weighted by atomic mass is 9.99. The molecule has 0 fully saturated rings. The first-order chi connectivity index (χ1) is 6.70. The summed E-state index contributed by atoms with van der Waals surface area (Å²) in [6.07, 6.45) is 1.06. The first-order valence-electron chi connectivity index (χ1n) is 4.74. The number of benzene rings is 1. The summed E-state index contributed by atoms with van der Waals surface area (Å²) in [7, 11) is 0. The molecule has 3 heteroatoms. The molecule has 14 heavy (non-hydrogen) atoms. The van der Waals surface area contributed by atoms with Crippen molar-refractivity contribution in [3.8, 4) is 0 Å². The van der Waals surface area contributed by atoms with Crippen LogP contribution >= 0.6 is 0 Å². The molecule has 1 heterocycles. The molecule has 0 aliphatic carbocycles. The third kappa shape index (κ3) is 1.45. The van der Waals surface area contributed by atoms with E-state index in [4.69, 9.17) is 8.83 Å². The van der Waals surface area contributed by atoms with Crippen molar-refractivity contribution in [2.45, 2.75) is 26.2 Å². The zero-order valence-electron chi connectivity index (χ0n) is 8.24.